The predicted molar refractivity (Wildman–Crippen MR) is 113 cm³/mol. The van der Waals surface area contributed by atoms with Crippen molar-refractivity contribution in [3.63, 3.8) is 0 Å². The number of carbonyl (C=O) groups excluding carboxylic acids is 1. The van der Waals surface area contributed by atoms with E-state index in [4.69, 9.17) is 15.0 Å². The van der Waals surface area contributed by atoms with Crippen molar-refractivity contribution in [2.24, 2.45) is 11.7 Å². The Bertz CT molecular complexity index is 833. The van der Waals surface area contributed by atoms with Crippen molar-refractivity contribution in [2.45, 2.75) is 38.9 Å². The number of carbonyl (C=O) groups is 2. The van der Waals surface area contributed by atoms with Gasteiger partial charge in [-0.15, -0.1) is 0 Å². The third kappa shape index (κ3) is 7.07. The molecule has 8 nitrogen and oxygen atoms in total. The number of hydrogen-bond acceptors (Lipinski definition) is 6. The Morgan fingerprint density at radius 3 is 2.37 bits per heavy atom. The van der Waals surface area contributed by atoms with Gasteiger partial charge in [-0.3, -0.25) is 0 Å². The van der Waals surface area contributed by atoms with Crippen molar-refractivity contribution in [2.75, 3.05) is 0 Å². The van der Waals surface area contributed by atoms with Crippen LogP contribution in [0.5, 0.6) is 0 Å². The summed E-state index contributed by atoms with van der Waals surface area (Å²) >= 11 is 0. The Hall–Kier alpha value is -2.51. The quantitative estimate of drug-likeness (QED) is 0.421. The third-order valence-electron chi connectivity index (χ3n) is 4.28. The van der Waals surface area contributed by atoms with Crippen LogP contribution in [0.2, 0.25) is 0 Å². The Morgan fingerprint density at radius 2 is 1.77 bits per heavy atom. The van der Waals surface area contributed by atoms with E-state index in [1.54, 1.807) is 38.1 Å². The average molecular weight is 434 g/mol. The molecule has 0 saturated carbocycles. The molecule has 0 aromatic heterocycles. The number of carboxylic acid groups (broad SMARTS) is 1. The number of rotatable bonds is 10. The minimum Gasteiger partial charge on any atom is -0.479 e. The number of alkyl carbamates (subject to hydrolysis) is 1. The van der Waals surface area contributed by atoms with Gasteiger partial charge in [0.1, 0.15) is 12.4 Å². The summed E-state index contributed by atoms with van der Waals surface area (Å²) in [4.78, 5) is 34.5. The molecule has 0 aliphatic rings. The fourth-order valence-corrected chi connectivity index (χ4v) is 3.95. The lowest BCUT2D eigenvalue weighted by atomic mass is 10.1. The second kappa shape index (κ2) is 11.6. The van der Waals surface area contributed by atoms with Crippen LogP contribution in [-0.4, -0.2) is 27.8 Å². The smallest absolute Gasteiger partial charge is 0.408 e. The molecule has 0 aliphatic heterocycles. The van der Waals surface area contributed by atoms with Gasteiger partial charge in [-0.25, -0.2) is 9.59 Å². The first-order chi connectivity index (χ1) is 14.3. The van der Waals surface area contributed by atoms with Crippen molar-refractivity contribution in [3.05, 3.63) is 71.3 Å². The average Bonchev–Trinajstić information content (AvgIpc) is 2.74. The van der Waals surface area contributed by atoms with Crippen LogP contribution < -0.4 is 11.1 Å². The van der Waals surface area contributed by atoms with Gasteiger partial charge >= 0.3 is 12.1 Å². The molecule has 9 heteroatoms. The monoisotopic (exact) mass is 434 g/mol. The number of hydrogen-bond donors (Lipinski definition) is 4. The molecule has 3 unspecified atom stereocenters. The second-order valence-corrected chi connectivity index (χ2v) is 8.34. The maximum absolute atomic E-state index is 12.2. The first kappa shape index (κ1) is 23.8. The van der Waals surface area contributed by atoms with E-state index >= 15 is 0 Å². The van der Waals surface area contributed by atoms with Gasteiger partial charge in [0.05, 0.1) is 0 Å². The van der Waals surface area contributed by atoms with E-state index in [2.05, 4.69) is 5.32 Å². The summed E-state index contributed by atoms with van der Waals surface area (Å²) in [5.74, 6) is -2.29. The van der Waals surface area contributed by atoms with Gasteiger partial charge in [0.2, 0.25) is 0 Å². The summed E-state index contributed by atoms with van der Waals surface area (Å²) in [5, 5.41) is 12.2. The molecule has 0 spiro atoms. The molecule has 0 saturated heterocycles. The number of amides is 1. The van der Waals surface area contributed by atoms with E-state index in [0.29, 0.717) is 5.56 Å². The van der Waals surface area contributed by atoms with Crippen LogP contribution in [0.1, 0.15) is 36.6 Å². The molecule has 2 rings (SSSR count). The summed E-state index contributed by atoms with van der Waals surface area (Å²) in [7, 11) is -2.31. The topological polar surface area (TPSA) is 131 Å². The predicted octanol–water partition coefficient (Wildman–Crippen LogP) is 3.50. The largest absolute Gasteiger partial charge is 0.479 e. The van der Waals surface area contributed by atoms with Crippen molar-refractivity contribution < 1.29 is 28.8 Å². The summed E-state index contributed by atoms with van der Waals surface area (Å²) in [6, 6.07) is 15.8. The fraction of sp³-hybridized carbons (Fsp3) is 0.333. The SMILES string of the molecule is CC(C)C(NC(=O)OCc1ccccc1)P(O)OC(C(=O)O)c1cccc(CN)c1. The number of nitrogens with two attached hydrogens (primary N) is 1. The van der Waals surface area contributed by atoms with Crippen LogP contribution in [0, 0.1) is 5.92 Å². The van der Waals surface area contributed by atoms with Crippen LogP contribution in [0.4, 0.5) is 4.79 Å². The van der Waals surface area contributed by atoms with Gasteiger partial charge in [-0.2, -0.15) is 0 Å². The first-order valence-corrected chi connectivity index (χ1v) is 10.7. The van der Waals surface area contributed by atoms with E-state index in [1.165, 1.54) is 0 Å². The molecule has 0 radical (unpaired) electrons. The third-order valence-corrected chi connectivity index (χ3v) is 5.90. The first-order valence-electron chi connectivity index (χ1n) is 9.45. The minimum absolute atomic E-state index is 0.0747. The highest BCUT2D eigenvalue weighted by Gasteiger charge is 2.32. The van der Waals surface area contributed by atoms with Gasteiger partial charge in [-0.1, -0.05) is 68.4 Å². The Morgan fingerprint density at radius 1 is 1.10 bits per heavy atom. The zero-order chi connectivity index (χ0) is 22.1. The molecule has 3 atom stereocenters. The Kier molecular flexibility index (Phi) is 9.20. The summed E-state index contributed by atoms with van der Waals surface area (Å²) < 4.78 is 10.7. The van der Waals surface area contributed by atoms with Gasteiger partial charge in [-0.05, 0) is 22.6 Å². The molecule has 0 aliphatic carbocycles. The van der Waals surface area contributed by atoms with E-state index in [1.807, 2.05) is 30.3 Å². The molecule has 2 aromatic carbocycles. The van der Waals surface area contributed by atoms with E-state index in [-0.39, 0.29) is 19.1 Å². The molecule has 5 N–H and O–H groups in total. The fourth-order valence-electron chi connectivity index (χ4n) is 2.67. The highest BCUT2D eigenvalue weighted by molar-refractivity contribution is 7.47. The van der Waals surface area contributed by atoms with Crippen molar-refractivity contribution in [3.8, 4) is 0 Å². The van der Waals surface area contributed by atoms with Crippen LogP contribution >= 0.6 is 8.38 Å². The van der Waals surface area contributed by atoms with Crippen molar-refractivity contribution in [1.29, 1.82) is 0 Å². The highest BCUT2D eigenvalue weighted by atomic mass is 31.2. The van der Waals surface area contributed by atoms with Gasteiger partial charge in [0, 0.05) is 6.54 Å². The lowest BCUT2D eigenvalue weighted by molar-refractivity contribution is -0.145. The molecule has 0 fully saturated rings. The van der Waals surface area contributed by atoms with Gasteiger partial charge < -0.3 is 30.3 Å². The lowest BCUT2D eigenvalue weighted by Gasteiger charge is -2.28. The van der Waals surface area contributed by atoms with Crippen LogP contribution in [0.15, 0.2) is 54.6 Å². The van der Waals surface area contributed by atoms with Gasteiger partial charge in [0.25, 0.3) is 0 Å². The summed E-state index contributed by atoms with van der Waals surface area (Å²) in [6.45, 7) is 3.88. The van der Waals surface area contributed by atoms with E-state index < -0.39 is 32.3 Å². The molecule has 0 heterocycles. The maximum Gasteiger partial charge on any atom is 0.408 e. The van der Waals surface area contributed by atoms with E-state index in [9.17, 15) is 19.6 Å². The highest BCUT2D eigenvalue weighted by Crippen LogP contribution is 2.45. The van der Waals surface area contributed by atoms with Crippen LogP contribution in [-0.2, 0) is 27.2 Å². The van der Waals surface area contributed by atoms with Gasteiger partial charge in [0.15, 0.2) is 14.5 Å². The van der Waals surface area contributed by atoms with Crippen molar-refractivity contribution >= 4 is 20.4 Å². The molecule has 30 heavy (non-hydrogen) atoms. The maximum atomic E-state index is 12.2. The molecular formula is C21H27N2O6P. The molecular weight excluding hydrogens is 407 g/mol. The van der Waals surface area contributed by atoms with E-state index in [0.717, 1.165) is 11.1 Å². The summed E-state index contributed by atoms with van der Waals surface area (Å²) in [6.07, 6.45) is -2.12. The molecule has 0 bridgehead atoms. The zero-order valence-corrected chi connectivity index (χ0v) is 17.8. The normalized spacial score (nSPS) is 14.0. The zero-order valence-electron chi connectivity index (χ0n) is 16.9. The number of ether oxygens (including phenoxy) is 1. The summed E-state index contributed by atoms with van der Waals surface area (Å²) in [5.41, 5.74) is 7.54. The Balaban J connectivity index is 2.04. The minimum atomic E-state index is -2.31. The Labute approximate surface area is 176 Å². The van der Waals surface area contributed by atoms with Crippen LogP contribution in [0.3, 0.4) is 0 Å². The molecule has 1 amide bonds. The number of carboxylic acids is 1. The lowest BCUT2D eigenvalue weighted by Crippen LogP contribution is -2.38. The number of benzene rings is 2. The van der Waals surface area contributed by atoms with Crippen LogP contribution in [0.25, 0.3) is 0 Å². The number of nitrogens with one attached hydrogen (secondary N) is 1. The standard InChI is InChI=1S/C21H27N2O6P/c1-14(2)19(23-21(26)28-13-15-7-4-3-5-8-15)30(27)29-18(20(24)25)17-10-6-9-16(11-17)12-22/h3-11,14,18-19,27H,12-13,22H2,1-2H3,(H,23,26)(H,24,25). The molecule has 162 valence electrons. The second-order valence-electron chi connectivity index (χ2n) is 6.97. The number of aliphatic carboxylic acids is 1. The van der Waals surface area contributed by atoms with Crippen molar-refractivity contribution in [1.82, 2.24) is 5.32 Å². The molecule has 2 aromatic rings.